The third-order valence-corrected chi connectivity index (χ3v) is 8.58. The molecule has 2 fully saturated rings. The molecule has 0 saturated carbocycles. The van der Waals surface area contributed by atoms with Gasteiger partial charge in [-0.05, 0) is 68.6 Å². The molecule has 1 atom stereocenters. The molecule has 0 bridgehead atoms. The first kappa shape index (κ1) is 19.8. The highest BCUT2D eigenvalue weighted by molar-refractivity contribution is 7.99. The molecule has 0 spiro atoms. The van der Waals surface area contributed by atoms with Crippen LogP contribution in [0.4, 0.5) is 0 Å². The Morgan fingerprint density at radius 2 is 1.92 bits per heavy atom. The number of aryl methyl sites for hydroxylation is 1. The molecule has 8 heteroatoms. The van der Waals surface area contributed by atoms with Gasteiger partial charge in [0.2, 0.25) is 10.0 Å². The monoisotopic (exact) mass is 422 g/mol. The predicted octanol–water partition coefficient (Wildman–Crippen LogP) is 3.80. The Hall–Kier alpha value is 0.0200. The second-order valence-electron chi connectivity index (χ2n) is 6.88. The van der Waals surface area contributed by atoms with Gasteiger partial charge in [-0.25, -0.2) is 13.1 Å². The fourth-order valence-electron chi connectivity index (χ4n) is 3.47. The molecule has 4 nitrogen and oxygen atoms in total. The molecule has 2 aliphatic heterocycles. The second-order valence-corrected chi connectivity index (χ2v) is 10.6. The van der Waals surface area contributed by atoms with E-state index in [0.29, 0.717) is 23.0 Å². The molecular formula is C17H24Cl2N2O2S2. The van der Waals surface area contributed by atoms with Crippen molar-refractivity contribution >= 4 is 45.0 Å². The highest BCUT2D eigenvalue weighted by Crippen LogP contribution is 2.29. The minimum atomic E-state index is -3.62. The number of thioether (sulfide) groups is 1. The van der Waals surface area contributed by atoms with Gasteiger partial charge in [0.05, 0.1) is 5.02 Å². The van der Waals surface area contributed by atoms with E-state index in [2.05, 4.69) is 9.62 Å². The molecule has 2 saturated heterocycles. The summed E-state index contributed by atoms with van der Waals surface area (Å²) in [6, 6.07) is 3.75. The third kappa shape index (κ3) is 4.85. The second kappa shape index (κ2) is 8.36. The quantitative estimate of drug-likeness (QED) is 0.783. The number of likely N-dealkylation sites (tertiary alicyclic amines) is 1. The van der Waals surface area contributed by atoms with Gasteiger partial charge < -0.3 is 0 Å². The first-order valence-electron chi connectivity index (χ1n) is 8.64. The molecule has 1 aromatic carbocycles. The Morgan fingerprint density at radius 3 is 2.56 bits per heavy atom. The van der Waals surface area contributed by atoms with Gasteiger partial charge in [-0.2, -0.15) is 11.8 Å². The zero-order valence-electron chi connectivity index (χ0n) is 14.3. The third-order valence-electron chi connectivity index (χ3n) is 5.14. The number of rotatable bonds is 5. The highest BCUT2D eigenvalue weighted by atomic mass is 35.5. The van der Waals surface area contributed by atoms with Crippen LogP contribution >= 0.6 is 35.0 Å². The molecule has 0 aliphatic carbocycles. The van der Waals surface area contributed by atoms with Crippen LogP contribution < -0.4 is 4.72 Å². The zero-order chi connectivity index (χ0) is 18.0. The van der Waals surface area contributed by atoms with Crippen molar-refractivity contribution in [2.45, 2.75) is 37.1 Å². The highest BCUT2D eigenvalue weighted by Gasteiger charge is 2.28. The molecule has 0 radical (unpaired) electrons. The summed E-state index contributed by atoms with van der Waals surface area (Å²) in [7, 11) is -3.62. The number of halogens is 2. The maximum atomic E-state index is 12.6. The van der Waals surface area contributed by atoms with Crippen molar-refractivity contribution in [1.29, 1.82) is 0 Å². The van der Waals surface area contributed by atoms with Gasteiger partial charge in [-0.15, -0.1) is 0 Å². The van der Waals surface area contributed by atoms with Crippen LogP contribution in [0.3, 0.4) is 0 Å². The van der Waals surface area contributed by atoms with Crippen LogP contribution in [0.1, 0.15) is 24.8 Å². The van der Waals surface area contributed by atoms with Crippen LogP contribution in [0.15, 0.2) is 17.0 Å². The van der Waals surface area contributed by atoms with Crippen molar-refractivity contribution < 1.29 is 8.42 Å². The van der Waals surface area contributed by atoms with Gasteiger partial charge in [-0.3, -0.25) is 4.90 Å². The molecular weight excluding hydrogens is 399 g/mol. The van der Waals surface area contributed by atoms with E-state index in [0.717, 1.165) is 32.0 Å². The fraction of sp³-hybridized carbons (Fsp3) is 0.647. The van der Waals surface area contributed by atoms with E-state index in [-0.39, 0.29) is 9.92 Å². The van der Waals surface area contributed by atoms with E-state index >= 15 is 0 Å². The van der Waals surface area contributed by atoms with Crippen molar-refractivity contribution in [1.82, 2.24) is 9.62 Å². The van der Waals surface area contributed by atoms with E-state index < -0.39 is 10.0 Å². The molecule has 2 heterocycles. The average Bonchev–Trinajstić information content (AvgIpc) is 3.11. The van der Waals surface area contributed by atoms with Crippen LogP contribution in [0.5, 0.6) is 0 Å². The van der Waals surface area contributed by atoms with Crippen molar-refractivity contribution in [3.8, 4) is 0 Å². The standard InChI is InChI=1S/C17H24Cl2N2O2S2/c1-12-8-17(16(19)9-15(12)18)25(22,23)20-10-13-2-5-21(6-3-13)14-4-7-24-11-14/h8-9,13-14,20H,2-7,10-11H2,1H3. The Labute approximate surface area is 164 Å². The Balaban J connectivity index is 1.55. The summed E-state index contributed by atoms with van der Waals surface area (Å²) < 4.78 is 27.9. The first-order valence-corrected chi connectivity index (χ1v) is 12.0. The smallest absolute Gasteiger partial charge is 0.242 e. The van der Waals surface area contributed by atoms with Gasteiger partial charge in [0.25, 0.3) is 0 Å². The molecule has 140 valence electrons. The van der Waals surface area contributed by atoms with Crippen LogP contribution in [-0.4, -0.2) is 50.5 Å². The lowest BCUT2D eigenvalue weighted by atomic mass is 9.96. The van der Waals surface area contributed by atoms with E-state index in [1.165, 1.54) is 30.1 Å². The Kier molecular flexibility index (Phi) is 6.61. The van der Waals surface area contributed by atoms with Gasteiger partial charge in [0, 0.05) is 23.4 Å². The Bertz CT molecular complexity index is 714. The fourth-order valence-corrected chi connectivity index (χ4v) is 6.68. The SMILES string of the molecule is Cc1cc(S(=O)(=O)NCC2CCN(C3CCSC3)CC2)c(Cl)cc1Cl. The van der Waals surface area contributed by atoms with Gasteiger partial charge in [-0.1, -0.05) is 23.2 Å². The minimum Gasteiger partial charge on any atom is -0.300 e. The molecule has 3 rings (SSSR count). The Morgan fingerprint density at radius 1 is 1.20 bits per heavy atom. The van der Waals surface area contributed by atoms with Crippen molar-refractivity contribution in [2.24, 2.45) is 5.92 Å². The summed E-state index contributed by atoms with van der Waals surface area (Å²) >= 11 is 14.1. The maximum Gasteiger partial charge on any atom is 0.242 e. The van der Waals surface area contributed by atoms with E-state index in [9.17, 15) is 8.42 Å². The maximum absolute atomic E-state index is 12.6. The number of benzene rings is 1. The number of nitrogens with zero attached hydrogens (tertiary/aromatic N) is 1. The summed E-state index contributed by atoms with van der Waals surface area (Å²) in [5.41, 5.74) is 0.703. The molecule has 0 amide bonds. The summed E-state index contributed by atoms with van der Waals surface area (Å²) in [5, 5.41) is 0.637. The van der Waals surface area contributed by atoms with E-state index in [1.54, 1.807) is 6.92 Å². The summed E-state index contributed by atoms with van der Waals surface area (Å²) in [4.78, 5) is 2.68. The number of nitrogens with one attached hydrogen (secondary N) is 1. The largest absolute Gasteiger partial charge is 0.300 e. The molecule has 0 aromatic heterocycles. The normalized spacial score (nSPS) is 23.2. The summed E-state index contributed by atoms with van der Waals surface area (Å²) in [6.45, 7) is 4.37. The predicted molar refractivity (Wildman–Crippen MR) is 106 cm³/mol. The first-order chi connectivity index (χ1) is 11.9. The topological polar surface area (TPSA) is 49.4 Å². The molecule has 1 unspecified atom stereocenters. The van der Waals surface area contributed by atoms with Crippen LogP contribution in [0.25, 0.3) is 0 Å². The molecule has 25 heavy (non-hydrogen) atoms. The van der Waals surface area contributed by atoms with Gasteiger partial charge in [0.15, 0.2) is 0 Å². The minimum absolute atomic E-state index is 0.108. The van der Waals surface area contributed by atoms with Gasteiger partial charge >= 0.3 is 0 Å². The van der Waals surface area contributed by atoms with Crippen LogP contribution in [0, 0.1) is 12.8 Å². The van der Waals surface area contributed by atoms with Crippen molar-refractivity contribution in [3.63, 3.8) is 0 Å². The number of hydrogen-bond donors (Lipinski definition) is 1. The van der Waals surface area contributed by atoms with Gasteiger partial charge in [0.1, 0.15) is 4.90 Å². The summed E-state index contributed by atoms with van der Waals surface area (Å²) in [6.07, 6.45) is 3.37. The number of piperidine rings is 1. The molecule has 1 N–H and O–H groups in total. The molecule has 1 aromatic rings. The lowest BCUT2D eigenvalue weighted by Crippen LogP contribution is -2.43. The van der Waals surface area contributed by atoms with Crippen LogP contribution in [0.2, 0.25) is 10.0 Å². The number of hydrogen-bond acceptors (Lipinski definition) is 4. The van der Waals surface area contributed by atoms with E-state index in [1.807, 2.05) is 11.8 Å². The zero-order valence-corrected chi connectivity index (χ0v) is 17.4. The van der Waals surface area contributed by atoms with Crippen molar-refractivity contribution in [3.05, 3.63) is 27.7 Å². The van der Waals surface area contributed by atoms with Crippen LogP contribution in [-0.2, 0) is 10.0 Å². The lowest BCUT2D eigenvalue weighted by molar-refractivity contribution is 0.145. The van der Waals surface area contributed by atoms with E-state index in [4.69, 9.17) is 23.2 Å². The summed E-state index contributed by atoms with van der Waals surface area (Å²) in [5.74, 6) is 2.89. The lowest BCUT2D eigenvalue weighted by Gasteiger charge is -2.35. The molecule has 2 aliphatic rings. The average molecular weight is 423 g/mol. The van der Waals surface area contributed by atoms with Crippen molar-refractivity contribution in [2.75, 3.05) is 31.1 Å². The number of sulfonamides is 1.